The van der Waals surface area contributed by atoms with Crippen molar-refractivity contribution in [2.75, 3.05) is 19.3 Å². The maximum absolute atomic E-state index is 12.1. The quantitative estimate of drug-likeness (QED) is 0.834. The number of hydrogen-bond donors (Lipinski definition) is 0. The molecule has 21 heavy (non-hydrogen) atoms. The Balaban J connectivity index is 1.77. The number of carbonyl (C=O) groups is 1. The maximum Gasteiger partial charge on any atom is 0.223 e. The number of likely N-dealkylation sites (tertiary alicyclic amines) is 1. The summed E-state index contributed by atoms with van der Waals surface area (Å²) in [7, 11) is 0. The molecule has 1 amide bonds. The van der Waals surface area contributed by atoms with Crippen molar-refractivity contribution in [2.24, 2.45) is 0 Å². The number of aryl methyl sites for hydroxylation is 1. The third-order valence-electron chi connectivity index (χ3n) is 3.98. The number of nitrogens with zero attached hydrogens (tertiary/aromatic N) is 1. The molecule has 116 valence electrons. The van der Waals surface area contributed by atoms with E-state index in [4.69, 9.17) is 4.74 Å². The summed E-state index contributed by atoms with van der Waals surface area (Å²) in [4.78, 5) is 14.1. The van der Waals surface area contributed by atoms with E-state index >= 15 is 0 Å². The van der Waals surface area contributed by atoms with Gasteiger partial charge in [-0.2, -0.15) is 11.8 Å². The van der Waals surface area contributed by atoms with Gasteiger partial charge in [0.05, 0.1) is 0 Å². The first-order valence-electron chi connectivity index (χ1n) is 7.62. The summed E-state index contributed by atoms with van der Waals surface area (Å²) in [5.41, 5.74) is 1.24. The van der Waals surface area contributed by atoms with E-state index in [1.54, 1.807) is 11.8 Å². The van der Waals surface area contributed by atoms with Gasteiger partial charge >= 0.3 is 0 Å². The van der Waals surface area contributed by atoms with Crippen LogP contribution >= 0.6 is 11.8 Å². The summed E-state index contributed by atoms with van der Waals surface area (Å²) >= 11 is 1.75. The van der Waals surface area contributed by atoms with Gasteiger partial charge in [-0.25, -0.2) is 0 Å². The summed E-state index contributed by atoms with van der Waals surface area (Å²) in [6, 6.07) is 8.18. The molecule has 1 aliphatic heterocycles. The van der Waals surface area contributed by atoms with Crippen LogP contribution in [0.4, 0.5) is 0 Å². The second kappa shape index (κ2) is 7.74. The topological polar surface area (TPSA) is 29.5 Å². The molecule has 1 aromatic rings. The van der Waals surface area contributed by atoms with E-state index in [9.17, 15) is 4.79 Å². The van der Waals surface area contributed by atoms with Gasteiger partial charge in [0.1, 0.15) is 11.9 Å². The van der Waals surface area contributed by atoms with Crippen LogP contribution in [-0.4, -0.2) is 41.5 Å². The van der Waals surface area contributed by atoms with Crippen molar-refractivity contribution in [3.63, 3.8) is 0 Å². The molecule has 0 unspecified atom stereocenters. The van der Waals surface area contributed by atoms with E-state index in [1.165, 1.54) is 5.56 Å². The van der Waals surface area contributed by atoms with Crippen LogP contribution in [0.5, 0.6) is 5.75 Å². The first-order valence-corrected chi connectivity index (χ1v) is 8.91. The normalized spacial score (nSPS) is 17.6. The zero-order valence-electron chi connectivity index (χ0n) is 13.2. The number of amides is 1. The molecule has 1 atom stereocenters. The predicted octanol–water partition coefficient (Wildman–Crippen LogP) is 3.51. The molecule has 0 spiro atoms. The van der Waals surface area contributed by atoms with Gasteiger partial charge < -0.3 is 9.64 Å². The van der Waals surface area contributed by atoms with Gasteiger partial charge in [-0.15, -0.1) is 0 Å². The van der Waals surface area contributed by atoms with Crippen molar-refractivity contribution in [3.05, 3.63) is 29.8 Å². The molecular formula is C17H25NO2S. The number of rotatable bonds is 5. The molecule has 2 rings (SSSR count). The Hall–Kier alpha value is -1.16. The van der Waals surface area contributed by atoms with Crippen molar-refractivity contribution >= 4 is 17.7 Å². The molecule has 0 aromatic heterocycles. The lowest BCUT2D eigenvalue weighted by Crippen LogP contribution is -2.42. The van der Waals surface area contributed by atoms with E-state index in [-0.39, 0.29) is 12.0 Å². The smallest absolute Gasteiger partial charge is 0.223 e. The van der Waals surface area contributed by atoms with Gasteiger partial charge in [0, 0.05) is 37.6 Å². The number of benzene rings is 1. The zero-order valence-corrected chi connectivity index (χ0v) is 14.0. The van der Waals surface area contributed by atoms with Crippen LogP contribution in [0.2, 0.25) is 0 Å². The highest BCUT2D eigenvalue weighted by molar-refractivity contribution is 7.99. The van der Waals surface area contributed by atoms with Crippen LogP contribution in [-0.2, 0) is 4.79 Å². The van der Waals surface area contributed by atoms with Gasteiger partial charge in [0.25, 0.3) is 0 Å². The Morgan fingerprint density at radius 1 is 1.33 bits per heavy atom. The van der Waals surface area contributed by atoms with E-state index in [0.29, 0.717) is 11.7 Å². The number of piperidine rings is 1. The second-order valence-corrected chi connectivity index (χ2v) is 7.04. The number of thioether (sulfide) groups is 1. The van der Waals surface area contributed by atoms with Crippen LogP contribution in [0, 0.1) is 6.92 Å². The third-order valence-corrected chi connectivity index (χ3v) is 4.95. The minimum atomic E-state index is 0.231. The molecule has 1 saturated heterocycles. The first kappa shape index (κ1) is 16.2. The van der Waals surface area contributed by atoms with E-state index < -0.39 is 0 Å². The summed E-state index contributed by atoms with van der Waals surface area (Å²) in [6.07, 6.45) is 4.78. The fraction of sp³-hybridized carbons (Fsp3) is 0.588. The van der Waals surface area contributed by atoms with Crippen LogP contribution < -0.4 is 4.74 Å². The summed E-state index contributed by atoms with van der Waals surface area (Å²) in [5.74, 6) is 1.21. The lowest BCUT2D eigenvalue weighted by Gasteiger charge is -2.32. The van der Waals surface area contributed by atoms with Gasteiger partial charge in [-0.1, -0.05) is 24.6 Å². The first-order chi connectivity index (χ1) is 10.1. The monoisotopic (exact) mass is 307 g/mol. The minimum Gasteiger partial charge on any atom is -0.490 e. The average Bonchev–Trinajstić information content (AvgIpc) is 2.50. The molecule has 1 heterocycles. The highest BCUT2D eigenvalue weighted by Crippen LogP contribution is 2.21. The highest BCUT2D eigenvalue weighted by Gasteiger charge is 2.24. The van der Waals surface area contributed by atoms with E-state index in [0.717, 1.165) is 31.7 Å². The van der Waals surface area contributed by atoms with Crippen LogP contribution in [0.25, 0.3) is 0 Å². The van der Waals surface area contributed by atoms with Crippen molar-refractivity contribution in [1.82, 2.24) is 4.90 Å². The van der Waals surface area contributed by atoms with Crippen molar-refractivity contribution in [1.29, 1.82) is 0 Å². The number of carbonyl (C=O) groups excluding carboxylic acids is 1. The second-order valence-electron chi connectivity index (χ2n) is 5.76. The lowest BCUT2D eigenvalue weighted by molar-refractivity contribution is -0.132. The summed E-state index contributed by atoms with van der Waals surface area (Å²) < 4.78 is 6.00. The molecule has 0 bridgehead atoms. The third kappa shape index (κ3) is 4.95. The van der Waals surface area contributed by atoms with Gasteiger partial charge in [-0.3, -0.25) is 4.79 Å². The van der Waals surface area contributed by atoms with E-state index in [1.807, 2.05) is 17.0 Å². The summed E-state index contributed by atoms with van der Waals surface area (Å²) in [5, 5.41) is 0.402. The lowest BCUT2D eigenvalue weighted by atomic mass is 10.1. The molecule has 0 radical (unpaired) electrons. The van der Waals surface area contributed by atoms with Gasteiger partial charge in [0.2, 0.25) is 5.91 Å². The van der Waals surface area contributed by atoms with Crippen molar-refractivity contribution in [3.8, 4) is 5.75 Å². The summed E-state index contributed by atoms with van der Waals surface area (Å²) in [6.45, 7) is 5.81. The minimum absolute atomic E-state index is 0.231. The predicted molar refractivity (Wildman–Crippen MR) is 89.0 cm³/mol. The van der Waals surface area contributed by atoms with Crippen LogP contribution in [0.15, 0.2) is 24.3 Å². The van der Waals surface area contributed by atoms with Crippen molar-refractivity contribution < 1.29 is 9.53 Å². The molecule has 0 N–H and O–H groups in total. The number of ether oxygens (including phenoxy) is 1. The molecule has 1 aromatic carbocycles. The standard InChI is InChI=1S/C17H25NO2S/c1-13-4-6-15(7-5-13)20-16-8-10-18(11-9-16)17(19)12-14(2)21-3/h4-7,14,16H,8-12H2,1-3H3/t14-/m0/s1. The van der Waals surface area contributed by atoms with Crippen molar-refractivity contribution in [2.45, 2.75) is 44.5 Å². The number of hydrogen-bond acceptors (Lipinski definition) is 3. The average molecular weight is 307 g/mol. The fourth-order valence-electron chi connectivity index (χ4n) is 2.49. The molecule has 3 nitrogen and oxygen atoms in total. The Kier molecular flexibility index (Phi) is 5.97. The van der Waals surface area contributed by atoms with Gasteiger partial charge in [-0.05, 0) is 25.3 Å². The highest BCUT2D eigenvalue weighted by atomic mass is 32.2. The Labute approximate surface area is 132 Å². The SMILES string of the molecule is CS[C@@H](C)CC(=O)N1CCC(Oc2ccc(C)cc2)CC1. The van der Waals surface area contributed by atoms with Crippen LogP contribution in [0.3, 0.4) is 0 Å². The molecular weight excluding hydrogens is 282 g/mol. The molecule has 0 aliphatic carbocycles. The zero-order chi connectivity index (χ0) is 15.2. The van der Waals surface area contributed by atoms with Gasteiger partial charge in [0.15, 0.2) is 0 Å². The molecule has 1 fully saturated rings. The Morgan fingerprint density at radius 3 is 2.52 bits per heavy atom. The molecule has 0 saturated carbocycles. The maximum atomic E-state index is 12.1. The molecule has 1 aliphatic rings. The largest absolute Gasteiger partial charge is 0.490 e. The Bertz CT molecular complexity index is 452. The molecule has 4 heteroatoms. The van der Waals surface area contributed by atoms with E-state index in [2.05, 4.69) is 32.2 Å². The fourth-order valence-corrected chi connectivity index (χ4v) is 2.80. The van der Waals surface area contributed by atoms with Crippen LogP contribution in [0.1, 0.15) is 31.7 Å². The Morgan fingerprint density at radius 2 is 1.95 bits per heavy atom.